The minimum absolute atomic E-state index is 0.0105. The van der Waals surface area contributed by atoms with Gasteiger partial charge in [0, 0.05) is 18.1 Å². The molecule has 0 fully saturated rings. The number of aromatic nitrogens is 2. The van der Waals surface area contributed by atoms with Crippen LogP contribution in [0.3, 0.4) is 0 Å². The monoisotopic (exact) mass is 408 g/mol. The highest BCUT2D eigenvalue weighted by Crippen LogP contribution is 2.40. The molecule has 0 saturated heterocycles. The van der Waals surface area contributed by atoms with Gasteiger partial charge in [0.15, 0.2) is 5.82 Å². The maximum absolute atomic E-state index is 14.6. The molecule has 3 aromatic rings. The summed E-state index contributed by atoms with van der Waals surface area (Å²) >= 11 is 0. The van der Waals surface area contributed by atoms with Crippen LogP contribution in [0.25, 0.3) is 11.0 Å². The SMILES string of the molecule is Cc1ccc(S(=O)(=O)O)c(CC2(O)Cn3c(=O)c(F)cc4ncc(F)c2c43)c1. The van der Waals surface area contributed by atoms with Crippen molar-refractivity contribution in [2.45, 2.75) is 30.4 Å². The summed E-state index contributed by atoms with van der Waals surface area (Å²) in [5, 5.41) is 11.2. The molecule has 1 unspecified atom stereocenters. The van der Waals surface area contributed by atoms with Crippen molar-refractivity contribution >= 4 is 21.2 Å². The summed E-state index contributed by atoms with van der Waals surface area (Å²) in [6, 6.07) is 4.93. The van der Waals surface area contributed by atoms with Crippen molar-refractivity contribution in [3.63, 3.8) is 0 Å². The highest BCUT2D eigenvalue weighted by Gasteiger charge is 2.43. The van der Waals surface area contributed by atoms with Crippen LogP contribution in [0.5, 0.6) is 0 Å². The molecule has 3 heterocycles. The van der Waals surface area contributed by atoms with Crippen molar-refractivity contribution in [3.05, 3.63) is 69.1 Å². The molecule has 1 aliphatic heterocycles. The number of aliphatic hydroxyl groups is 1. The number of benzene rings is 1. The second-order valence-electron chi connectivity index (χ2n) is 6.89. The molecule has 1 aliphatic rings. The molecular formula is C18H14F2N2O5S. The van der Waals surface area contributed by atoms with E-state index in [9.17, 15) is 31.7 Å². The molecular weight excluding hydrogens is 394 g/mol. The molecule has 0 bridgehead atoms. The lowest BCUT2D eigenvalue weighted by atomic mass is 9.88. The van der Waals surface area contributed by atoms with Gasteiger partial charge < -0.3 is 9.67 Å². The third kappa shape index (κ3) is 2.72. The molecule has 4 rings (SSSR count). The highest BCUT2D eigenvalue weighted by atomic mass is 32.2. The lowest BCUT2D eigenvalue weighted by molar-refractivity contribution is 0.0255. The zero-order chi connectivity index (χ0) is 20.4. The Bertz CT molecular complexity index is 1320. The van der Waals surface area contributed by atoms with Crippen LogP contribution in [0.15, 0.2) is 40.2 Å². The maximum atomic E-state index is 14.6. The van der Waals surface area contributed by atoms with Gasteiger partial charge in [-0.2, -0.15) is 8.42 Å². The van der Waals surface area contributed by atoms with E-state index < -0.39 is 50.8 Å². The van der Waals surface area contributed by atoms with Crippen LogP contribution >= 0.6 is 0 Å². The molecule has 10 heteroatoms. The predicted molar refractivity (Wildman–Crippen MR) is 94.5 cm³/mol. The Morgan fingerprint density at radius 3 is 2.64 bits per heavy atom. The summed E-state index contributed by atoms with van der Waals surface area (Å²) in [7, 11) is -4.61. The van der Waals surface area contributed by atoms with Crippen LogP contribution in [-0.2, 0) is 28.7 Å². The van der Waals surface area contributed by atoms with Gasteiger partial charge in [-0.25, -0.2) is 8.78 Å². The van der Waals surface area contributed by atoms with Crippen molar-refractivity contribution in [1.82, 2.24) is 9.55 Å². The van der Waals surface area contributed by atoms with Crippen molar-refractivity contribution < 1.29 is 26.9 Å². The Labute approximate surface area is 157 Å². The van der Waals surface area contributed by atoms with Gasteiger partial charge >= 0.3 is 0 Å². The van der Waals surface area contributed by atoms with Crippen molar-refractivity contribution in [3.8, 4) is 0 Å². The standard InChI is InChI=1S/C18H14F2N2O5S/c1-9-2-3-14(28(25,26)27)10(4-9)6-18(24)8-22-16-13(5-11(19)17(22)23)21-7-12(20)15(16)18/h2-5,7,24H,6,8H2,1H3,(H,25,26,27). The molecule has 1 atom stereocenters. The van der Waals surface area contributed by atoms with Gasteiger partial charge in [-0.3, -0.25) is 14.3 Å². The Hall–Kier alpha value is -2.69. The molecule has 0 radical (unpaired) electrons. The van der Waals surface area contributed by atoms with E-state index in [-0.39, 0.29) is 22.2 Å². The molecule has 1 aromatic carbocycles. The van der Waals surface area contributed by atoms with Gasteiger partial charge in [0.1, 0.15) is 11.4 Å². The molecule has 0 amide bonds. The van der Waals surface area contributed by atoms with Gasteiger partial charge in [-0.15, -0.1) is 0 Å². The Balaban J connectivity index is 1.96. The number of aryl methyl sites for hydroxylation is 1. The lowest BCUT2D eigenvalue weighted by Gasteiger charge is -2.25. The number of halogens is 2. The van der Waals surface area contributed by atoms with Gasteiger partial charge in [-0.05, 0) is 18.6 Å². The van der Waals surface area contributed by atoms with E-state index in [1.54, 1.807) is 6.92 Å². The minimum Gasteiger partial charge on any atom is -0.383 e. The van der Waals surface area contributed by atoms with E-state index in [0.29, 0.717) is 5.56 Å². The van der Waals surface area contributed by atoms with Gasteiger partial charge in [0.05, 0.1) is 28.7 Å². The second-order valence-corrected chi connectivity index (χ2v) is 8.28. The zero-order valence-electron chi connectivity index (χ0n) is 14.5. The first-order valence-electron chi connectivity index (χ1n) is 8.19. The maximum Gasteiger partial charge on any atom is 0.294 e. The van der Waals surface area contributed by atoms with Crippen LogP contribution in [0, 0.1) is 18.6 Å². The number of pyridine rings is 2. The average molecular weight is 408 g/mol. The molecule has 0 saturated carbocycles. The Kier molecular flexibility index (Phi) is 3.93. The van der Waals surface area contributed by atoms with Gasteiger partial charge in [-0.1, -0.05) is 17.7 Å². The molecule has 2 aromatic heterocycles. The molecule has 0 spiro atoms. The van der Waals surface area contributed by atoms with E-state index in [1.165, 1.54) is 18.2 Å². The minimum atomic E-state index is -4.61. The topological polar surface area (TPSA) is 109 Å². The fraction of sp³-hybridized carbons (Fsp3) is 0.222. The summed E-state index contributed by atoms with van der Waals surface area (Å²) < 4.78 is 62.3. The zero-order valence-corrected chi connectivity index (χ0v) is 15.3. The molecule has 0 aliphatic carbocycles. The quantitative estimate of drug-likeness (QED) is 0.638. The van der Waals surface area contributed by atoms with E-state index in [4.69, 9.17) is 0 Å². The van der Waals surface area contributed by atoms with Crippen LogP contribution in [0.4, 0.5) is 8.78 Å². The summed E-state index contributed by atoms with van der Waals surface area (Å²) in [5.74, 6) is -2.01. The average Bonchev–Trinajstić information content (AvgIpc) is 2.89. The molecule has 28 heavy (non-hydrogen) atoms. The summed E-state index contributed by atoms with van der Waals surface area (Å²) in [6.07, 6.45) is 0.380. The van der Waals surface area contributed by atoms with Crippen molar-refractivity contribution in [1.29, 1.82) is 0 Å². The van der Waals surface area contributed by atoms with Gasteiger partial charge in [0.2, 0.25) is 0 Å². The first-order valence-corrected chi connectivity index (χ1v) is 9.63. The van der Waals surface area contributed by atoms with Crippen LogP contribution < -0.4 is 5.56 Å². The normalized spacial score (nSPS) is 18.8. The van der Waals surface area contributed by atoms with E-state index in [0.717, 1.165) is 16.8 Å². The van der Waals surface area contributed by atoms with Gasteiger partial charge in [0.25, 0.3) is 15.7 Å². The Morgan fingerprint density at radius 2 is 1.96 bits per heavy atom. The lowest BCUT2D eigenvalue weighted by Crippen LogP contribution is -2.33. The number of hydrogen-bond acceptors (Lipinski definition) is 5. The predicted octanol–water partition coefficient (Wildman–Crippen LogP) is 1.67. The third-order valence-electron chi connectivity index (χ3n) is 4.88. The number of rotatable bonds is 3. The van der Waals surface area contributed by atoms with E-state index in [1.807, 2.05) is 0 Å². The summed E-state index contributed by atoms with van der Waals surface area (Å²) in [4.78, 5) is 15.5. The van der Waals surface area contributed by atoms with E-state index in [2.05, 4.69) is 4.98 Å². The first-order chi connectivity index (χ1) is 13.0. The number of nitrogens with zero attached hydrogens (tertiary/aromatic N) is 2. The Morgan fingerprint density at radius 1 is 1.25 bits per heavy atom. The van der Waals surface area contributed by atoms with Crippen LogP contribution in [0.1, 0.15) is 16.7 Å². The first kappa shape index (κ1) is 18.7. The highest BCUT2D eigenvalue weighted by molar-refractivity contribution is 7.85. The van der Waals surface area contributed by atoms with Crippen molar-refractivity contribution in [2.75, 3.05) is 0 Å². The van der Waals surface area contributed by atoms with Crippen molar-refractivity contribution in [2.24, 2.45) is 0 Å². The second kappa shape index (κ2) is 5.90. The molecule has 146 valence electrons. The largest absolute Gasteiger partial charge is 0.383 e. The fourth-order valence-electron chi connectivity index (χ4n) is 3.78. The molecule has 7 nitrogen and oxygen atoms in total. The third-order valence-corrected chi connectivity index (χ3v) is 5.83. The number of hydrogen-bond donors (Lipinski definition) is 2. The smallest absolute Gasteiger partial charge is 0.294 e. The van der Waals surface area contributed by atoms with Crippen LogP contribution in [0.2, 0.25) is 0 Å². The van der Waals surface area contributed by atoms with Crippen LogP contribution in [-0.4, -0.2) is 27.6 Å². The summed E-state index contributed by atoms with van der Waals surface area (Å²) in [5.41, 5.74) is -2.73. The fourth-order valence-corrected chi connectivity index (χ4v) is 4.48. The summed E-state index contributed by atoms with van der Waals surface area (Å²) in [6.45, 7) is 1.19. The van der Waals surface area contributed by atoms with E-state index >= 15 is 0 Å². The molecule has 2 N–H and O–H groups in total.